The first-order valence-electron chi connectivity index (χ1n) is 5.73. The fraction of sp³-hybridized carbons (Fsp3) is 0.167. The quantitative estimate of drug-likeness (QED) is 0.482. The second-order valence-electron chi connectivity index (χ2n) is 3.92. The molecule has 0 saturated carbocycles. The Labute approximate surface area is 114 Å². The van der Waals surface area contributed by atoms with Gasteiger partial charge in [0.05, 0.1) is 22.8 Å². The summed E-state index contributed by atoms with van der Waals surface area (Å²) in [6.07, 6.45) is 0. The minimum Gasteiger partial charge on any atom is -0.378 e. The highest BCUT2D eigenvalue weighted by atomic mass is 16.6. The van der Waals surface area contributed by atoms with Crippen LogP contribution in [0.3, 0.4) is 0 Å². The SMILES string of the molecule is COCc1cc(NN)nc(-c2ccccc2[N+](=O)[O-])n1. The highest BCUT2D eigenvalue weighted by Crippen LogP contribution is 2.27. The van der Waals surface area contributed by atoms with E-state index in [2.05, 4.69) is 15.4 Å². The molecular formula is C12H13N5O3. The van der Waals surface area contributed by atoms with E-state index in [1.165, 1.54) is 13.2 Å². The van der Waals surface area contributed by atoms with Gasteiger partial charge in [-0.25, -0.2) is 15.8 Å². The number of ether oxygens (including phenoxy) is 1. The molecule has 0 spiro atoms. The van der Waals surface area contributed by atoms with Gasteiger partial charge in [0, 0.05) is 19.2 Å². The number of methoxy groups -OCH3 is 1. The third-order valence-corrected chi connectivity index (χ3v) is 2.56. The number of nitrogens with two attached hydrogens (primary N) is 1. The third-order valence-electron chi connectivity index (χ3n) is 2.56. The summed E-state index contributed by atoms with van der Waals surface area (Å²) < 4.78 is 5.00. The second-order valence-corrected chi connectivity index (χ2v) is 3.92. The molecule has 8 nitrogen and oxygen atoms in total. The van der Waals surface area contributed by atoms with E-state index in [0.717, 1.165) is 0 Å². The molecule has 0 radical (unpaired) electrons. The Kier molecular flexibility index (Phi) is 4.18. The van der Waals surface area contributed by atoms with Gasteiger partial charge < -0.3 is 10.2 Å². The molecule has 3 N–H and O–H groups in total. The van der Waals surface area contributed by atoms with Crippen molar-refractivity contribution in [1.29, 1.82) is 0 Å². The number of rotatable bonds is 5. The lowest BCUT2D eigenvalue weighted by molar-refractivity contribution is -0.384. The zero-order chi connectivity index (χ0) is 14.5. The Morgan fingerprint density at radius 1 is 1.40 bits per heavy atom. The van der Waals surface area contributed by atoms with E-state index in [-0.39, 0.29) is 18.1 Å². The molecule has 1 heterocycles. The minimum atomic E-state index is -0.475. The molecule has 0 unspecified atom stereocenters. The summed E-state index contributed by atoms with van der Waals surface area (Å²) in [5, 5.41) is 11.0. The highest BCUT2D eigenvalue weighted by molar-refractivity contribution is 5.68. The lowest BCUT2D eigenvalue weighted by atomic mass is 10.1. The van der Waals surface area contributed by atoms with Gasteiger partial charge in [-0.05, 0) is 6.07 Å². The van der Waals surface area contributed by atoms with Crippen LogP contribution in [0.2, 0.25) is 0 Å². The molecule has 8 heteroatoms. The number of nitro groups is 1. The fourth-order valence-corrected chi connectivity index (χ4v) is 1.74. The molecule has 0 saturated heterocycles. The Hall–Kier alpha value is -2.58. The number of hydrogen-bond acceptors (Lipinski definition) is 7. The van der Waals surface area contributed by atoms with Gasteiger partial charge in [0.25, 0.3) is 5.69 Å². The molecule has 2 aromatic rings. The van der Waals surface area contributed by atoms with Crippen molar-refractivity contribution in [2.24, 2.45) is 5.84 Å². The summed E-state index contributed by atoms with van der Waals surface area (Å²) in [6, 6.07) is 7.87. The number of nitrogen functional groups attached to an aromatic ring is 1. The van der Waals surface area contributed by atoms with Crippen LogP contribution < -0.4 is 11.3 Å². The lowest BCUT2D eigenvalue weighted by Gasteiger charge is -2.07. The average molecular weight is 275 g/mol. The number of anilines is 1. The van der Waals surface area contributed by atoms with Crippen molar-refractivity contribution in [3.63, 3.8) is 0 Å². The van der Waals surface area contributed by atoms with Crippen LogP contribution in [-0.2, 0) is 11.3 Å². The smallest absolute Gasteiger partial charge is 0.280 e. The molecule has 0 aliphatic rings. The van der Waals surface area contributed by atoms with Crippen LogP contribution in [0.25, 0.3) is 11.4 Å². The monoisotopic (exact) mass is 275 g/mol. The van der Waals surface area contributed by atoms with Gasteiger partial charge in [0.1, 0.15) is 5.82 Å². The van der Waals surface area contributed by atoms with Crippen LogP contribution in [-0.4, -0.2) is 22.0 Å². The van der Waals surface area contributed by atoms with Crippen molar-refractivity contribution < 1.29 is 9.66 Å². The third kappa shape index (κ3) is 2.87. The molecule has 1 aromatic heterocycles. The maximum Gasteiger partial charge on any atom is 0.280 e. The summed E-state index contributed by atoms with van der Waals surface area (Å²) in [4.78, 5) is 19.0. The summed E-state index contributed by atoms with van der Waals surface area (Å²) in [5.74, 6) is 5.93. The summed E-state index contributed by atoms with van der Waals surface area (Å²) >= 11 is 0. The van der Waals surface area contributed by atoms with E-state index in [0.29, 0.717) is 17.1 Å². The normalized spacial score (nSPS) is 10.3. The van der Waals surface area contributed by atoms with Gasteiger partial charge in [-0.3, -0.25) is 10.1 Å². The Bertz CT molecular complexity index is 632. The second kappa shape index (κ2) is 6.04. The number of benzene rings is 1. The predicted octanol–water partition coefficient (Wildman–Crippen LogP) is 1.48. The molecule has 1 aromatic carbocycles. The minimum absolute atomic E-state index is 0.0648. The van der Waals surface area contributed by atoms with Gasteiger partial charge in [-0.2, -0.15) is 0 Å². The summed E-state index contributed by atoms with van der Waals surface area (Å²) in [6.45, 7) is 0.255. The number of nitrogens with zero attached hydrogens (tertiary/aromatic N) is 3. The van der Waals surface area contributed by atoms with E-state index in [4.69, 9.17) is 10.6 Å². The van der Waals surface area contributed by atoms with Gasteiger partial charge in [-0.15, -0.1) is 0 Å². The molecular weight excluding hydrogens is 262 g/mol. The topological polar surface area (TPSA) is 116 Å². The maximum absolute atomic E-state index is 11.0. The van der Waals surface area contributed by atoms with Crippen molar-refractivity contribution in [2.45, 2.75) is 6.61 Å². The van der Waals surface area contributed by atoms with E-state index in [9.17, 15) is 10.1 Å². The number of para-hydroxylation sites is 1. The van der Waals surface area contributed by atoms with E-state index >= 15 is 0 Å². The molecule has 0 fully saturated rings. The van der Waals surface area contributed by atoms with Gasteiger partial charge in [-0.1, -0.05) is 12.1 Å². The molecule has 0 amide bonds. The van der Waals surface area contributed by atoms with Crippen LogP contribution in [0.5, 0.6) is 0 Å². The van der Waals surface area contributed by atoms with Gasteiger partial charge in [0.2, 0.25) is 0 Å². The maximum atomic E-state index is 11.0. The fourth-order valence-electron chi connectivity index (χ4n) is 1.74. The van der Waals surface area contributed by atoms with Crippen molar-refractivity contribution in [3.8, 4) is 11.4 Å². The van der Waals surface area contributed by atoms with Gasteiger partial charge in [0.15, 0.2) is 5.82 Å². The predicted molar refractivity (Wildman–Crippen MR) is 72.6 cm³/mol. The number of nitrogens with one attached hydrogen (secondary N) is 1. The molecule has 2 rings (SSSR count). The van der Waals surface area contributed by atoms with Crippen LogP contribution in [0.1, 0.15) is 5.69 Å². The Morgan fingerprint density at radius 2 is 2.15 bits per heavy atom. The van der Waals surface area contributed by atoms with Crippen molar-refractivity contribution in [3.05, 3.63) is 46.1 Å². The van der Waals surface area contributed by atoms with Crippen molar-refractivity contribution in [1.82, 2.24) is 9.97 Å². The molecule has 0 atom stereocenters. The highest BCUT2D eigenvalue weighted by Gasteiger charge is 2.17. The molecule has 20 heavy (non-hydrogen) atoms. The summed E-state index contributed by atoms with van der Waals surface area (Å²) in [7, 11) is 1.53. The van der Waals surface area contributed by atoms with E-state index in [1.54, 1.807) is 24.3 Å². The summed E-state index contributed by atoms with van der Waals surface area (Å²) in [5.41, 5.74) is 3.24. The van der Waals surface area contributed by atoms with E-state index in [1.807, 2.05) is 0 Å². The number of aromatic nitrogens is 2. The number of hydrogen-bond donors (Lipinski definition) is 2. The standard InChI is InChI=1S/C12H13N5O3/c1-20-7-8-6-11(16-13)15-12(14-8)9-4-2-3-5-10(9)17(18)19/h2-6H,7,13H2,1H3,(H,14,15,16). The lowest BCUT2D eigenvalue weighted by Crippen LogP contribution is -2.11. The Balaban J connectivity index is 2.57. The zero-order valence-corrected chi connectivity index (χ0v) is 10.7. The van der Waals surface area contributed by atoms with Gasteiger partial charge >= 0.3 is 0 Å². The first kappa shape index (κ1) is 13.8. The molecule has 0 aliphatic carbocycles. The number of nitro benzene ring substituents is 1. The van der Waals surface area contributed by atoms with E-state index < -0.39 is 4.92 Å². The average Bonchev–Trinajstić information content (AvgIpc) is 2.47. The first-order valence-corrected chi connectivity index (χ1v) is 5.73. The number of hydrazine groups is 1. The molecule has 0 bridgehead atoms. The van der Waals surface area contributed by atoms with Crippen molar-refractivity contribution in [2.75, 3.05) is 12.5 Å². The van der Waals surface area contributed by atoms with Crippen LogP contribution in [0.15, 0.2) is 30.3 Å². The molecule has 0 aliphatic heterocycles. The largest absolute Gasteiger partial charge is 0.378 e. The Morgan fingerprint density at radius 3 is 2.80 bits per heavy atom. The first-order chi connectivity index (χ1) is 9.65. The van der Waals surface area contributed by atoms with Crippen LogP contribution in [0.4, 0.5) is 11.5 Å². The zero-order valence-electron chi connectivity index (χ0n) is 10.7. The molecule has 104 valence electrons. The van der Waals surface area contributed by atoms with Crippen molar-refractivity contribution >= 4 is 11.5 Å². The van der Waals surface area contributed by atoms with Crippen LogP contribution >= 0.6 is 0 Å². The van der Waals surface area contributed by atoms with Crippen LogP contribution in [0, 0.1) is 10.1 Å².